The van der Waals surface area contributed by atoms with Crippen molar-refractivity contribution < 1.29 is 14.6 Å². The van der Waals surface area contributed by atoms with Gasteiger partial charge in [-0.1, -0.05) is 16.3 Å². The zero-order valence-corrected chi connectivity index (χ0v) is 8.69. The van der Waals surface area contributed by atoms with Crippen LogP contribution < -0.4 is 9.47 Å². The monoisotopic (exact) mass is 224 g/mol. The third kappa shape index (κ3) is 2.35. The third-order valence-electron chi connectivity index (χ3n) is 1.59. The van der Waals surface area contributed by atoms with E-state index < -0.39 is 0 Å². The van der Waals surface area contributed by atoms with Crippen LogP contribution in [-0.2, 0) is 0 Å². The van der Waals surface area contributed by atoms with Crippen LogP contribution in [0.1, 0.15) is 0 Å². The highest BCUT2D eigenvalue weighted by Gasteiger charge is 2.06. The maximum absolute atomic E-state index is 9.21. The number of methoxy groups -OCH3 is 1. The van der Waals surface area contributed by atoms with Crippen LogP contribution in [-0.4, -0.2) is 22.4 Å². The summed E-state index contributed by atoms with van der Waals surface area (Å²) in [6, 6.07) is 6.46. The molecule has 2 aromatic rings. The predicted octanol–water partition coefficient (Wildman–Crippen LogP) is 2.04. The summed E-state index contributed by atoms with van der Waals surface area (Å²) in [6.07, 6.45) is 0. The van der Waals surface area contributed by atoms with E-state index in [4.69, 9.17) is 9.47 Å². The van der Waals surface area contributed by atoms with Crippen molar-refractivity contribution in [2.45, 2.75) is 0 Å². The first-order valence-electron chi connectivity index (χ1n) is 4.12. The second-order valence-corrected chi connectivity index (χ2v) is 3.54. The number of rotatable bonds is 3. The molecule has 0 saturated carbocycles. The van der Waals surface area contributed by atoms with Gasteiger partial charge in [0.2, 0.25) is 0 Å². The molecule has 1 N–H and O–H groups in total. The summed E-state index contributed by atoms with van der Waals surface area (Å²) in [5, 5.41) is 17.5. The molecule has 5 nitrogen and oxygen atoms in total. The van der Waals surface area contributed by atoms with E-state index in [2.05, 4.69) is 10.2 Å². The SMILES string of the molecule is COc1nnc(Oc2cccc(O)c2)s1. The smallest absolute Gasteiger partial charge is 0.302 e. The minimum absolute atomic E-state index is 0.143. The maximum atomic E-state index is 9.21. The molecule has 0 spiro atoms. The summed E-state index contributed by atoms with van der Waals surface area (Å²) in [6.45, 7) is 0. The van der Waals surface area contributed by atoms with Gasteiger partial charge >= 0.3 is 5.19 Å². The molecule has 78 valence electrons. The molecule has 1 heterocycles. The average Bonchev–Trinajstić information content (AvgIpc) is 2.65. The molecule has 0 saturated heterocycles. The Hall–Kier alpha value is -1.82. The van der Waals surface area contributed by atoms with Gasteiger partial charge in [-0.15, -0.1) is 0 Å². The lowest BCUT2D eigenvalue weighted by molar-refractivity contribution is 0.406. The van der Waals surface area contributed by atoms with E-state index >= 15 is 0 Å². The van der Waals surface area contributed by atoms with Crippen LogP contribution in [0.3, 0.4) is 0 Å². The van der Waals surface area contributed by atoms with Crippen LogP contribution in [0, 0.1) is 0 Å². The lowest BCUT2D eigenvalue weighted by Crippen LogP contribution is -1.82. The predicted molar refractivity (Wildman–Crippen MR) is 54.6 cm³/mol. The van der Waals surface area contributed by atoms with E-state index in [1.54, 1.807) is 18.2 Å². The summed E-state index contributed by atoms with van der Waals surface area (Å²) >= 11 is 1.19. The first kappa shape index (κ1) is 9.72. The molecule has 15 heavy (non-hydrogen) atoms. The zero-order chi connectivity index (χ0) is 10.7. The molecule has 0 radical (unpaired) electrons. The number of nitrogens with zero attached hydrogens (tertiary/aromatic N) is 2. The second kappa shape index (κ2) is 4.14. The van der Waals surface area contributed by atoms with Crippen molar-refractivity contribution in [3.8, 4) is 21.9 Å². The second-order valence-electron chi connectivity index (χ2n) is 2.64. The Morgan fingerprint density at radius 2 is 2.07 bits per heavy atom. The normalized spacial score (nSPS) is 9.93. The number of phenols is 1. The average molecular weight is 224 g/mol. The number of phenolic OH excluding ortho intramolecular Hbond substituents is 1. The van der Waals surface area contributed by atoms with Crippen molar-refractivity contribution >= 4 is 11.3 Å². The minimum atomic E-state index is 0.143. The van der Waals surface area contributed by atoms with Crippen molar-refractivity contribution in [1.82, 2.24) is 10.2 Å². The summed E-state index contributed by atoms with van der Waals surface area (Å²) in [5.41, 5.74) is 0. The van der Waals surface area contributed by atoms with Gasteiger partial charge in [0.25, 0.3) is 5.19 Å². The van der Waals surface area contributed by atoms with Gasteiger partial charge in [-0.3, -0.25) is 0 Å². The van der Waals surface area contributed by atoms with Crippen molar-refractivity contribution in [3.63, 3.8) is 0 Å². The highest BCUT2D eigenvalue weighted by molar-refractivity contribution is 7.14. The molecular weight excluding hydrogens is 216 g/mol. The molecule has 0 amide bonds. The molecule has 6 heteroatoms. The quantitative estimate of drug-likeness (QED) is 0.864. The van der Waals surface area contributed by atoms with Crippen molar-refractivity contribution in [3.05, 3.63) is 24.3 Å². The third-order valence-corrected chi connectivity index (χ3v) is 2.35. The molecule has 0 aliphatic rings. The standard InChI is InChI=1S/C9H8N2O3S/c1-13-8-10-11-9(15-8)14-7-4-2-3-6(12)5-7/h2-5,12H,1H3. The van der Waals surface area contributed by atoms with Crippen molar-refractivity contribution in [1.29, 1.82) is 0 Å². The molecule has 0 bridgehead atoms. The van der Waals surface area contributed by atoms with Crippen LogP contribution in [0.5, 0.6) is 21.9 Å². The molecule has 0 unspecified atom stereocenters. The van der Waals surface area contributed by atoms with Gasteiger partial charge in [-0.05, 0) is 23.5 Å². The lowest BCUT2D eigenvalue weighted by Gasteiger charge is -2.00. The Kier molecular flexibility index (Phi) is 2.68. The van der Waals surface area contributed by atoms with Crippen molar-refractivity contribution in [2.75, 3.05) is 7.11 Å². The minimum Gasteiger partial charge on any atom is -0.508 e. The van der Waals surface area contributed by atoms with Crippen LogP contribution in [0.25, 0.3) is 0 Å². The fraction of sp³-hybridized carbons (Fsp3) is 0.111. The van der Waals surface area contributed by atoms with E-state index in [0.717, 1.165) is 0 Å². The highest BCUT2D eigenvalue weighted by atomic mass is 32.1. The fourth-order valence-corrected chi connectivity index (χ4v) is 1.50. The van der Waals surface area contributed by atoms with Crippen LogP contribution in [0.4, 0.5) is 0 Å². The number of benzene rings is 1. The number of aromatic nitrogens is 2. The number of hydrogen-bond donors (Lipinski definition) is 1. The van der Waals surface area contributed by atoms with Gasteiger partial charge in [-0.2, -0.15) is 0 Å². The first-order valence-corrected chi connectivity index (χ1v) is 4.94. The van der Waals surface area contributed by atoms with Crippen LogP contribution in [0.2, 0.25) is 0 Å². The Morgan fingerprint density at radius 3 is 2.73 bits per heavy atom. The van der Waals surface area contributed by atoms with E-state index in [1.807, 2.05) is 0 Å². The fourth-order valence-electron chi connectivity index (χ4n) is 0.969. The van der Waals surface area contributed by atoms with E-state index in [9.17, 15) is 5.11 Å². The maximum Gasteiger partial charge on any atom is 0.302 e. The lowest BCUT2D eigenvalue weighted by atomic mass is 10.3. The molecule has 0 atom stereocenters. The van der Waals surface area contributed by atoms with Gasteiger partial charge in [0.05, 0.1) is 7.11 Å². The van der Waals surface area contributed by atoms with Gasteiger partial charge in [0, 0.05) is 6.07 Å². The Bertz CT molecular complexity index is 458. The largest absolute Gasteiger partial charge is 0.508 e. The number of hydrogen-bond acceptors (Lipinski definition) is 6. The molecule has 1 aromatic heterocycles. The van der Waals surface area contributed by atoms with Gasteiger partial charge in [-0.25, -0.2) is 0 Å². The first-order chi connectivity index (χ1) is 7.28. The zero-order valence-electron chi connectivity index (χ0n) is 7.88. The molecule has 1 aromatic carbocycles. The Labute approximate surface area is 89.9 Å². The van der Waals surface area contributed by atoms with E-state index in [1.165, 1.54) is 24.5 Å². The number of ether oxygens (including phenoxy) is 2. The van der Waals surface area contributed by atoms with Gasteiger partial charge in [0.1, 0.15) is 11.5 Å². The summed E-state index contributed by atoms with van der Waals surface area (Å²) < 4.78 is 10.2. The Morgan fingerprint density at radius 1 is 1.27 bits per heavy atom. The van der Waals surface area contributed by atoms with Crippen LogP contribution >= 0.6 is 11.3 Å². The van der Waals surface area contributed by atoms with Gasteiger partial charge < -0.3 is 14.6 Å². The molecular formula is C9H8N2O3S. The van der Waals surface area contributed by atoms with E-state index in [-0.39, 0.29) is 5.75 Å². The summed E-state index contributed by atoms with van der Waals surface area (Å²) in [5.74, 6) is 0.651. The van der Waals surface area contributed by atoms with E-state index in [0.29, 0.717) is 16.1 Å². The Balaban J connectivity index is 2.14. The molecule has 2 rings (SSSR count). The summed E-state index contributed by atoms with van der Waals surface area (Å²) in [4.78, 5) is 0. The molecule has 0 aliphatic carbocycles. The highest BCUT2D eigenvalue weighted by Crippen LogP contribution is 2.29. The number of aromatic hydroxyl groups is 1. The van der Waals surface area contributed by atoms with Gasteiger partial charge in [0.15, 0.2) is 0 Å². The molecule has 0 aliphatic heterocycles. The molecule has 0 fully saturated rings. The van der Waals surface area contributed by atoms with Crippen LogP contribution in [0.15, 0.2) is 24.3 Å². The topological polar surface area (TPSA) is 64.5 Å². The van der Waals surface area contributed by atoms with Crippen molar-refractivity contribution in [2.24, 2.45) is 0 Å². The summed E-state index contributed by atoms with van der Waals surface area (Å²) in [7, 11) is 1.51.